The Hall–Kier alpha value is -5.31. The Morgan fingerprint density at radius 1 is 0.438 bits per heavy atom. The number of fused-ring (bicyclic) bond motifs is 12. The molecule has 0 fully saturated rings. The maximum atomic E-state index is 3.91. The van der Waals surface area contributed by atoms with Crippen LogP contribution in [0.25, 0.3) is 33.4 Å². The van der Waals surface area contributed by atoms with Crippen LogP contribution in [0.2, 0.25) is 0 Å². The van der Waals surface area contributed by atoms with Gasteiger partial charge >= 0.3 is 0 Å². The van der Waals surface area contributed by atoms with Crippen molar-refractivity contribution in [3.05, 3.63) is 191 Å². The molecule has 7 aromatic carbocycles. The molecule has 3 aliphatic rings. The summed E-state index contributed by atoms with van der Waals surface area (Å²) in [4.78, 5) is 2.62. The van der Waals surface area contributed by atoms with Gasteiger partial charge in [0.25, 0.3) is 0 Å². The van der Waals surface area contributed by atoms with Crippen molar-refractivity contribution < 1.29 is 0 Å². The van der Waals surface area contributed by atoms with E-state index in [1.807, 2.05) is 11.8 Å². The van der Waals surface area contributed by atoms with Gasteiger partial charge in [-0.1, -0.05) is 153 Å². The van der Waals surface area contributed by atoms with Crippen LogP contribution in [0.15, 0.2) is 168 Å². The molecule has 0 saturated carbocycles. The van der Waals surface area contributed by atoms with E-state index in [0.29, 0.717) is 0 Å². The fourth-order valence-electron chi connectivity index (χ4n) is 8.80. The van der Waals surface area contributed by atoms with Crippen LogP contribution in [0.1, 0.15) is 47.2 Å². The van der Waals surface area contributed by atoms with E-state index in [1.54, 1.807) is 0 Å². The molecule has 0 radical (unpaired) electrons. The highest BCUT2D eigenvalue weighted by atomic mass is 32.2. The average molecular weight is 632 g/mol. The van der Waals surface area contributed by atoms with E-state index in [2.05, 4.69) is 177 Å². The molecule has 48 heavy (non-hydrogen) atoms. The second-order valence-corrected chi connectivity index (χ2v) is 14.8. The minimum atomic E-state index is -0.351. The van der Waals surface area contributed by atoms with Crippen LogP contribution in [0.4, 0.5) is 11.4 Å². The van der Waals surface area contributed by atoms with Gasteiger partial charge in [-0.25, -0.2) is 0 Å². The number of benzene rings is 7. The summed E-state index contributed by atoms with van der Waals surface area (Å²) in [5, 5.41) is 3.91. The van der Waals surface area contributed by atoms with E-state index in [0.717, 1.165) is 11.4 Å². The Morgan fingerprint density at radius 2 is 1.08 bits per heavy atom. The molecular formula is C46H33NS. The van der Waals surface area contributed by atoms with Gasteiger partial charge in [0.2, 0.25) is 0 Å². The zero-order valence-electron chi connectivity index (χ0n) is 26.9. The first kappa shape index (κ1) is 27.8. The predicted octanol–water partition coefficient (Wildman–Crippen LogP) is 12.2. The molecule has 0 atom stereocenters. The number of nitrogens with one attached hydrogen (secondary N) is 1. The normalized spacial score (nSPS) is 15.1. The summed E-state index contributed by atoms with van der Waals surface area (Å²) in [6, 6.07) is 58.5. The lowest BCUT2D eigenvalue weighted by Gasteiger charge is -2.39. The average Bonchev–Trinajstić information content (AvgIpc) is 3.55. The fourth-order valence-corrected chi connectivity index (χ4v) is 10.0. The molecule has 1 aliphatic heterocycles. The highest BCUT2D eigenvalue weighted by Gasteiger charge is 2.50. The quantitative estimate of drug-likeness (QED) is 0.208. The molecule has 1 nitrogen and oxygen atoms in total. The van der Waals surface area contributed by atoms with Crippen molar-refractivity contribution in [1.82, 2.24) is 0 Å². The van der Waals surface area contributed by atoms with Gasteiger partial charge in [0.15, 0.2) is 0 Å². The maximum absolute atomic E-state index is 3.91. The van der Waals surface area contributed by atoms with E-state index in [1.165, 1.54) is 76.6 Å². The molecule has 0 amide bonds. The Labute approximate surface area is 286 Å². The van der Waals surface area contributed by atoms with E-state index in [9.17, 15) is 0 Å². The number of anilines is 2. The lowest BCUT2D eigenvalue weighted by atomic mass is 9.67. The molecule has 7 aromatic rings. The molecule has 0 unspecified atom stereocenters. The van der Waals surface area contributed by atoms with E-state index in [-0.39, 0.29) is 10.8 Å². The van der Waals surface area contributed by atoms with Crippen LogP contribution in [0.5, 0.6) is 0 Å². The van der Waals surface area contributed by atoms with Crippen molar-refractivity contribution in [3.8, 4) is 33.4 Å². The lowest BCUT2D eigenvalue weighted by molar-refractivity contribution is 0.661. The van der Waals surface area contributed by atoms with Gasteiger partial charge < -0.3 is 5.32 Å². The summed E-state index contributed by atoms with van der Waals surface area (Å²) in [7, 11) is 0. The van der Waals surface area contributed by atoms with Crippen LogP contribution in [0.3, 0.4) is 0 Å². The fraction of sp³-hybridized carbons (Fsp3) is 0.0870. The molecule has 1 N–H and O–H groups in total. The van der Waals surface area contributed by atoms with Gasteiger partial charge in [-0.2, -0.15) is 0 Å². The van der Waals surface area contributed by atoms with Gasteiger partial charge in [-0.3, -0.25) is 0 Å². The Bertz CT molecular complexity index is 2390. The van der Waals surface area contributed by atoms with Crippen LogP contribution >= 0.6 is 11.8 Å². The number of hydrogen-bond acceptors (Lipinski definition) is 2. The van der Waals surface area contributed by atoms with Gasteiger partial charge in [0, 0.05) is 32.1 Å². The van der Waals surface area contributed by atoms with Crippen LogP contribution < -0.4 is 5.32 Å². The molecule has 228 valence electrons. The van der Waals surface area contributed by atoms with Crippen molar-refractivity contribution in [2.75, 3.05) is 5.32 Å². The van der Waals surface area contributed by atoms with Crippen molar-refractivity contribution in [1.29, 1.82) is 0 Å². The lowest BCUT2D eigenvalue weighted by Crippen LogP contribution is -2.31. The first-order chi connectivity index (χ1) is 23.5. The molecule has 1 heterocycles. The minimum Gasteiger partial charge on any atom is -0.355 e. The summed E-state index contributed by atoms with van der Waals surface area (Å²) in [5.41, 5.74) is 17.8. The number of hydrogen-bond donors (Lipinski definition) is 1. The molecule has 0 aromatic heterocycles. The Morgan fingerprint density at radius 3 is 1.85 bits per heavy atom. The summed E-state index contributed by atoms with van der Waals surface area (Å²) in [5.74, 6) is 0. The smallest absolute Gasteiger partial charge is 0.0735 e. The molecule has 2 aliphatic carbocycles. The highest BCUT2D eigenvalue weighted by molar-refractivity contribution is 7.99. The van der Waals surface area contributed by atoms with Crippen molar-refractivity contribution in [3.63, 3.8) is 0 Å². The number of rotatable bonds is 3. The van der Waals surface area contributed by atoms with Crippen molar-refractivity contribution >= 4 is 23.1 Å². The topological polar surface area (TPSA) is 12.0 Å². The first-order valence-corrected chi connectivity index (χ1v) is 17.6. The van der Waals surface area contributed by atoms with E-state index >= 15 is 0 Å². The second kappa shape index (κ2) is 10.1. The van der Waals surface area contributed by atoms with Crippen LogP contribution in [0, 0.1) is 0 Å². The van der Waals surface area contributed by atoms with E-state index in [4.69, 9.17) is 0 Å². The summed E-state index contributed by atoms with van der Waals surface area (Å²) < 4.78 is 0. The zero-order valence-corrected chi connectivity index (χ0v) is 27.7. The van der Waals surface area contributed by atoms with Crippen LogP contribution in [-0.4, -0.2) is 0 Å². The van der Waals surface area contributed by atoms with Gasteiger partial charge in [-0.15, -0.1) is 0 Å². The zero-order chi connectivity index (χ0) is 32.0. The summed E-state index contributed by atoms with van der Waals surface area (Å²) in [6.45, 7) is 4.72. The van der Waals surface area contributed by atoms with Gasteiger partial charge in [0.1, 0.15) is 0 Å². The van der Waals surface area contributed by atoms with Crippen molar-refractivity contribution in [2.24, 2.45) is 0 Å². The molecule has 2 heteroatoms. The largest absolute Gasteiger partial charge is 0.355 e. The van der Waals surface area contributed by atoms with Gasteiger partial charge in [0.05, 0.1) is 5.41 Å². The first-order valence-electron chi connectivity index (χ1n) is 16.8. The third-order valence-electron chi connectivity index (χ3n) is 10.9. The SMILES string of the molecule is CC1(C)c2cc(-c3ccccc3)ccc2-c2c(Nc3ccc4c(c3)Sc3ccccc3C43c4ccccc4-c4ccccc43)cccc21. The second-order valence-electron chi connectivity index (χ2n) is 13.8. The molecule has 0 bridgehead atoms. The van der Waals surface area contributed by atoms with Crippen molar-refractivity contribution in [2.45, 2.75) is 34.5 Å². The predicted molar refractivity (Wildman–Crippen MR) is 201 cm³/mol. The molecule has 1 spiro atoms. The third kappa shape index (κ3) is 3.70. The highest BCUT2D eigenvalue weighted by Crippen LogP contribution is 2.62. The monoisotopic (exact) mass is 631 g/mol. The molecule has 0 saturated heterocycles. The standard InChI is InChI=1S/C46H33NS/c1-45(2)39-20-12-21-41(44(39)34-25-23-30(27-40(34)45)29-13-4-3-5-14-29)47-31-24-26-38-43(28-31)48-42-22-11-10-19-37(42)46(38)35-17-8-6-15-32(35)33-16-7-9-18-36(33)46/h3-28,47H,1-2H3. The molecular weight excluding hydrogens is 599 g/mol. The van der Waals surface area contributed by atoms with Crippen LogP contribution in [-0.2, 0) is 10.8 Å². The Balaban J connectivity index is 1.11. The molecule has 10 rings (SSSR count). The maximum Gasteiger partial charge on any atom is 0.0735 e. The van der Waals surface area contributed by atoms with Gasteiger partial charge in [-0.05, 0) is 91.5 Å². The summed E-state index contributed by atoms with van der Waals surface area (Å²) >= 11 is 1.89. The minimum absolute atomic E-state index is 0.0990. The third-order valence-corrected chi connectivity index (χ3v) is 12.1. The van der Waals surface area contributed by atoms with E-state index < -0.39 is 0 Å². The Kier molecular flexibility index (Phi) is 5.84. The summed E-state index contributed by atoms with van der Waals surface area (Å²) in [6.07, 6.45) is 0.